The lowest BCUT2D eigenvalue weighted by Crippen LogP contribution is -2.31. The molecule has 0 fully saturated rings. The van der Waals surface area contributed by atoms with Gasteiger partial charge < -0.3 is 10.1 Å². The van der Waals surface area contributed by atoms with Gasteiger partial charge in [0.1, 0.15) is 5.41 Å². The zero-order valence-corrected chi connectivity index (χ0v) is 13.5. The molecule has 0 aliphatic carbocycles. The van der Waals surface area contributed by atoms with Crippen LogP contribution in [0.25, 0.3) is 0 Å². The number of hydrogen-bond acceptors (Lipinski definition) is 6. The zero-order chi connectivity index (χ0) is 15.5. The number of thiazole rings is 1. The first-order valence-electron chi connectivity index (χ1n) is 6.79. The molecule has 1 N–H and O–H groups in total. The molecule has 2 aromatic rings. The van der Waals surface area contributed by atoms with Crippen LogP contribution in [0, 0.1) is 0 Å². The van der Waals surface area contributed by atoms with Gasteiger partial charge in [0.05, 0.1) is 24.5 Å². The van der Waals surface area contributed by atoms with Gasteiger partial charge in [-0.05, 0) is 26.8 Å². The Morgan fingerprint density at radius 3 is 2.90 bits per heavy atom. The number of rotatable bonds is 6. The number of aryl methyl sites for hydroxylation is 1. The van der Waals surface area contributed by atoms with Crippen LogP contribution in [0.3, 0.4) is 0 Å². The molecule has 0 bridgehead atoms. The third kappa shape index (κ3) is 3.60. The lowest BCUT2D eigenvalue weighted by molar-refractivity contribution is -0.148. The zero-order valence-electron chi connectivity index (χ0n) is 12.7. The van der Waals surface area contributed by atoms with Gasteiger partial charge in [0.25, 0.3) is 0 Å². The Balaban J connectivity index is 2.02. The minimum absolute atomic E-state index is 0.258. The smallest absolute Gasteiger partial charge is 0.317 e. The van der Waals surface area contributed by atoms with Gasteiger partial charge in [-0.25, -0.2) is 4.98 Å². The number of nitrogens with one attached hydrogen (secondary N) is 1. The lowest BCUT2D eigenvalue weighted by atomic mass is 9.90. The summed E-state index contributed by atoms with van der Waals surface area (Å²) in [4.78, 5) is 16.4. The van der Waals surface area contributed by atoms with Gasteiger partial charge in [-0.2, -0.15) is 5.10 Å². The molecule has 0 spiro atoms. The van der Waals surface area contributed by atoms with Gasteiger partial charge in [0.15, 0.2) is 5.13 Å². The SMILES string of the molecule is CCOC(=O)C(C)(C)c1csc(NCc2ccn(C)n2)n1. The highest BCUT2D eigenvalue weighted by atomic mass is 32.1. The molecule has 21 heavy (non-hydrogen) atoms. The predicted octanol–water partition coefficient (Wildman–Crippen LogP) is 2.33. The summed E-state index contributed by atoms with van der Waals surface area (Å²) in [6, 6.07) is 1.95. The van der Waals surface area contributed by atoms with Crippen LogP contribution in [0.15, 0.2) is 17.6 Å². The number of nitrogens with zero attached hydrogens (tertiary/aromatic N) is 3. The summed E-state index contributed by atoms with van der Waals surface area (Å²) in [5, 5.41) is 10.2. The lowest BCUT2D eigenvalue weighted by Gasteiger charge is -2.19. The number of hydrogen-bond donors (Lipinski definition) is 1. The minimum Gasteiger partial charge on any atom is -0.465 e. The van der Waals surface area contributed by atoms with Crippen LogP contribution in [0.1, 0.15) is 32.2 Å². The topological polar surface area (TPSA) is 69.0 Å². The molecule has 0 radical (unpaired) electrons. The molecule has 7 heteroatoms. The van der Waals surface area contributed by atoms with Crippen LogP contribution < -0.4 is 5.32 Å². The van der Waals surface area contributed by atoms with E-state index in [9.17, 15) is 4.79 Å². The van der Waals surface area contributed by atoms with Gasteiger partial charge in [0.2, 0.25) is 0 Å². The highest BCUT2D eigenvalue weighted by Gasteiger charge is 2.33. The Bertz CT molecular complexity index is 618. The first-order chi connectivity index (χ1) is 9.93. The molecule has 0 aromatic carbocycles. The third-order valence-corrected chi connectivity index (χ3v) is 3.92. The number of anilines is 1. The maximum Gasteiger partial charge on any atom is 0.317 e. The van der Waals surface area contributed by atoms with E-state index in [1.165, 1.54) is 11.3 Å². The molecule has 0 atom stereocenters. The Hall–Kier alpha value is -1.89. The van der Waals surface area contributed by atoms with Gasteiger partial charge >= 0.3 is 5.97 Å². The van der Waals surface area contributed by atoms with Crippen LogP contribution in [0.2, 0.25) is 0 Å². The Morgan fingerprint density at radius 1 is 1.52 bits per heavy atom. The number of aromatic nitrogens is 3. The van der Waals surface area contributed by atoms with Crippen LogP contribution in [0.4, 0.5) is 5.13 Å². The monoisotopic (exact) mass is 308 g/mol. The Morgan fingerprint density at radius 2 is 2.29 bits per heavy atom. The summed E-state index contributed by atoms with van der Waals surface area (Å²) in [6.45, 7) is 6.42. The van der Waals surface area contributed by atoms with Crippen molar-refractivity contribution in [2.45, 2.75) is 32.7 Å². The van der Waals surface area contributed by atoms with E-state index < -0.39 is 5.41 Å². The average Bonchev–Trinajstić information content (AvgIpc) is 3.05. The van der Waals surface area contributed by atoms with E-state index in [0.717, 1.165) is 16.5 Å². The predicted molar refractivity (Wildman–Crippen MR) is 82.3 cm³/mol. The first kappa shape index (κ1) is 15.5. The summed E-state index contributed by atoms with van der Waals surface area (Å²) >= 11 is 1.47. The fraction of sp³-hybridized carbons (Fsp3) is 0.500. The molecule has 0 saturated carbocycles. The molecule has 0 saturated heterocycles. The van der Waals surface area contributed by atoms with Crippen molar-refractivity contribution in [1.82, 2.24) is 14.8 Å². The standard InChI is InChI=1S/C14H20N4O2S/c1-5-20-12(19)14(2,3)11-9-21-13(16-11)15-8-10-6-7-18(4)17-10/h6-7,9H,5,8H2,1-4H3,(H,15,16). The van der Waals surface area contributed by atoms with Crippen molar-refractivity contribution in [2.24, 2.45) is 7.05 Å². The molecule has 6 nitrogen and oxygen atoms in total. The van der Waals surface area contributed by atoms with Crippen LogP contribution in [-0.2, 0) is 28.5 Å². The maximum absolute atomic E-state index is 12.0. The number of esters is 1. The summed E-state index contributed by atoms with van der Waals surface area (Å²) in [5.74, 6) is -0.258. The summed E-state index contributed by atoms with van der Waals surface area (Å²) in [6.07, 6.45) is 1.90. The summed E-state index contributed by atoms with van der Waals surface area (Å²) in [7, 11) is 1.88. The largest absolute Gasteiger partial charge is 0.465 e. The quantitative estimate of drug-likeness (QED) is 0.830. The average molecular weight is 308 g/mol. The second kappa shape index (κ2) is 6.26. The van der Waals surface area contributed by atoms with E-state index in [2.05, 4.69) is 15.4 Å². The molecule has 0 aliphatic heterocycles. The van der Waals surface area contributed by atoms with E-state index in [-0.39, 0.29) is 5.97 Å². The number of carbonyl (C=O) groups is 1. The van der Waals surface area contributed by atoms with Gasteiger partial charge in [0, 0.05) is 18.6 Å². The fourth-order valence-corrected chi connectivity index (χ4v) is 2.66. The number of carbonyl (C=O) groups excluding carboxylic acids is 1. The van der Waals surface area contributed by atoms with Crippen molar-refractivity contribution < 1.29 is 9.53 Å². The molecular weight excluding hydrogens is 288 g/mol. The van der Waals surface area contributed by atoms with Crippen LogP contribution in [-0.4, -0.2) is 27.3 Å². The molecular formula is C14H20N4O2S. The molecule has 0 unspecified atom stereocenters. The summed E-state index contributed by atoms with van der Waals surface area (Å²) in [5.41, 5.74) is 0.922. The maximum atomic E-state index is 12.0. The van der Waals surface area contributed by atoms with Crippen molar-refractivity contribution >= 4 is 22.4 Å². The van der Waals surface area contributed by atoms with Crippen molar-refractivity contribution in [3.8, 4) is 0 Å². The van der Waals surface area contributed by atoms with Crippen molar-refractivity contribution in [2.75, 3.05) is 11.9 Å². The normalized spacial score (nSPS) is 11.4. The minimum atomic E-state index is -0.739. The highest BCUT2D eigenvalue weighted by Crippen LogP contribution is 2.28. The van der Waals surface area contributed by atoms with E-state index in [1.54, 1.807) is 11.6 Å². The summed E-state index contributed by atoms with van der Waals surface area (Å²) < 4.78 is 6.85. The van der Waals surface area contributed by atoms with E-state index in [4.69, 9.17) is 4.74 Å². The van der Waals surface area contributed by atoms with Gasteiger partial charge in [-0.15, -0.1) is 11.3 Å². The number of ether oxygens (including phenoxy) is 1. The molecule has 0 aliphatic rings. The second-order valence-corrected chi connectivity index (χ2v) is 6.08. The van der Waals surface area contributed by atoms with E-state index >= 15 is 0 Å². The molecule has 114 valence electrons. The highest BCUT2D eigenvalue weighted by molar-refractivity contribution is 7.13. The van der Waals surface area contributed by atoms with Crippen LogP contribution >= 0.6 is 11.3 Å². The van der Waals surface area contributed by atoms with Crippen molar-refractivity contribution in [1.29, 1.82) is 0 Å². The van der Waals surface area contributed by atoms with Crippen molar-refractivity contribution in [3.63, 3.8) is 0 Å². The molecule has 2 heterocycles. The van der Waals surface area contributed by atoms with Gasteiger partial charge in [-0.1, -0.05) is 0 Å². The van der Waals surface area contributed by atoms with E-state index in [0.29, 0.717) is 13.2 Å². The molecule has 0 amide bonds. The Kier molecular flexibility index (Phi) is 4.62. The molecule has 2 rings (SSSR count). The third-order valence-electron chi connectivity index (χ3n) is 3.12. The van der Waals surface area contributed by atoms with E-state index in [1.807, 2.05) is 38.5 Å². The fourth-order valence-electron chi connectivity index (χ4n) is 1.78. The second-order valence-electron chi connectivity index (χ2n) is 5.22. The van der Waals surface area contributed by atoms with Crippen LogP contribution in [0.5, 0.6) is 0 Å². The molecule has 2 aromatic heterocycles. The first-order valence-corrected chi connectivity index (χ1v) is 7.67. The van der Waals surface area contributed by atoms with Gasteiger partial charge in [-0.3, -0.25) is 9.48 Å². The Labute approximate surface area is 128 Å². The van der Waals surface area contributed by atoms with Crippen molar-refractivity contribution in [3.05, 3.63) is 29.0 Å².